The van der Waals surface area contributed by atoms with E-state index in [4.69, 9.17) is 71.4 Å². The number of hydrogen-bond acceptors (Lipinski definition) is 24. The second kappa shape index (κ2) is 53.4. The number of H-pyrrole nitrogens is 1. The van der Waals surface area contributed by atoms with Gasteiger partial charge >= 0.3 is 57.2 Å². The van der Waals surface area contributed by atoms with E-state index in [0.29, 0.717) is 66.5 Å². The minimum absolute atomic E-state index is 0.00347. The first-order chi connectivity index (χ1) is 69.4. The molecular formula is C113H119Br2ClN8O21Zn. The van der Waals surface area contributed by atoms with Gasteiger partial charge in [0.15, 0.2) is 11.4 Å². The number of pyridine rings is 4. The number of hydrogen-bond donors (Lipinski definition) is 7. The van der Waals surface area contributed by atoms with E-state index in [-0.39, 0.29) is 37.5 Å². The number of aromatic amines is 1. The van der Waals surface area contributed by atoms with Crippen LogP contribution in [-0.2, 0) is 121 Å². The summed E-state index contributed by atoms with van der Waals surface area (Å²) in [5, 5.41) is 30.8. The van der Waals surface area contributed by atoms with Gasteiger partial charge in [-0.05, 0) is 318 Å². The summed E-state index contributed by atoms with van der Waals surface area (Å²) in [5.74, 6) is 0.0797. The number of aliphatic hydroxyl groups excluding tert-OH is 1. The summed E-state index contributed by atoms with van der Waals surface area (Å²) in [6, 6.07) is 62.2. The molecule has 8 aromatic carbocycles. The van der Waals surface area contributed by atoms with Crippen LogP contribution in [0.4, 0.5) is 14.4 Å². The summed E-state index contributed by atoms with van der Waals surface area (Å²) >= 11 is 7.36. The maximum absolute atomic E-state index is 12.4. The number of carbonyl (C=O) groups is 6. The normalized spacial score (nSPS) is 11.2. The summed E-state index contributed by atoms with van der Waals surface area (Å²) in [7, 11) is 4.76. The van der Waals surface area contributed by atoms with Gasteiger partial charge in [0, 0.05) is 137 Å². The van der Waals surface area contributed by atoms with E-state index in [9.17, 15) is 38.7 Å². The van der Waals surface area contributed by atoms with Crippen molar-refractivity contribution in [2.45, 2.75) is 197 Å². The maximum atomic E-state index is 12.4. The number of carboxylic acid groups (broad SMARTS) is 1. The third-order valence-electron chi connectivity index (χ3n) is 20.2. The number of ether oxygens (including phenoxy) is 8. The quantitative estimate of drug-likeness (QED) is 0.0121. The molecule has 0 aliphatic heterocycles. The van der Waals surface area contributed by atoms with Crippen LogP contribution in [0.2, 0.25) is 0 Å². The first-order valence-electron chi connectivity index (χ1n) is 46.4. The summed E-state index contributed by atoms with van der Waals surface area (Å²) in [4.78, 5) is 95.1. The molecule has 0 spiro atoms. The average molecular weight is 2190 g/mol. The topological polar surface area (TPSA) is 403 Å². The monoisotopic (exact) mass is 2180 g/mol. The van der Waals surface area contributed by atoms with Crippen molar-refractivity contribution >= 4 is 122 Å². The number of aliphatic carboxylic acids is 1. The number of rotatable bonds is 25. The second-order valence-corrected chi connectivity index (χ2v) is 39.8. The molecule has 8 heterocycles. The van der Waals surface area contributed by atoms with Crippen LogP contribution in [-0.4, -0.2) is 94.3 Å². The Balaban J connectivity index is 0.000000190. The van der Waals surface area contributed by atoms with Crippen molar-refractivity contribution in [2.24, 2.45) is 5.73 Å². The van der Waals surface area contributed by atoms with Crippen LogP contribution in [0.15, 0.2) is 300 Å². The van der Waals surface area contributed by atoms with Gasteiger partial charge in [0.05, 0.1) is 53.4 Å². The van der Waals surface area contributed by atoms with Crippen molar-refractivity contribution in [3.05, 3.63) is 350 Å². The predicted octanol–water partition coefficient (Wildman–Crippen LogP) is 25.6. The first kappa shape index (κ1) is 114. The third-order valence-corrected chi connectivity index (χ3v) is 21.5. The number of carbonyl (C=O) groups excluding carboxylic acids is 5. The molecule has 0 fully saturated rings. The molecule has 16 rings (SSSR count). The number of furan rings is 4. The van der Waals surface area contributed by atoms with Crippen molar-refractivity contribution in [1.29, 1.82) is 0 Å². The van der Waals surface area contributed by atoms with Crippen LogP contribution < -0.4 is 41.3 Å². The number of esters is 2. The minimum atomic E-state index is -0.926. The van der Waals surface area contributed by atoms with E-state index in [1.54, 1.807) is 101 Å². The van der Waals surface area contributed by atoms with Gasteiger partial charge in [-0.25, -0.2) is 14.4 Å². The Hall–Kier alpha value is -14.4. The molecular weight excluding hydrogens is 2070 g/mol. The van der Waals surface area contributed by atoms with Crippen molar-refractivity contribution in [3.63, 3.8) is 0 Å². The number of halogens is 3. The Morgan fingerprint density at radius 2 is 0.740 bits per heavy atom. The van der Waals surface area contributed by atoms with Crippen LogP contribution in [0.5, 0.6) is 17.2 Å². The zero-order valence-corrected chi connectivity index (χ0v) is 91.0. The molecule has 8 aromatic heterocycles. The first-order valence-corrected chi connectivity index (χ1v) is 51.9. The number of carboxylic acids is 1. The summed E-state index contributed by atoms with van der Waals surface area (Å²) in [5.41, 5.74) is 22.8. The third kappa shape index (κ3) is 37.0. The van der Waals surface area contributed by atoms with Crippen LogP contribution in [0.25, 0.3) is 88.4 Å². The van der Waals surface area contributed by atoms with E-state index in [2.05, 4.69) is 97.6 Å². The fraction of sp³-hybridized carbons (Fsp3) is 0.265. The predicted molar refractivity (Wildman–Crippen MR) is 566 cm³/mol. The molecule has 0 unspecified atom stereocenters. The second-order valence-electron chi connectivity index (χ2n) is 38.1. The number of aliphatic hydroxyl groups is 1. The van der Waals surface area contributed by atoms with Crippen LogP contribution in [0.1, 0.15) is 159 Å². The number of amides is 3. The molecule has 33 heteroatoms. The van der Waals surface area contributed by atoms with Gasteiger partial charge in [0.25, 0.3) is 0 Å². The SMILES string of the molecule is CC(C)(C)OC(=O)Cc1cnccc1OCc1cc(-c2cccc(CNC(=O)OC(C)(C)C)c2)c2occc2c1.CC(C)(C)OC(=O)NCc1cccc(-c2cc(CO)cc3ccoc23)c1.CC(C)(C)OC(=O)NCc1cccc(-c2cc(COc3ccncc3Br)cc3ccoc23)c1.NCc1cccc(-c2cc(COc3ccncc3CC(=O)O)cc3ccoc23)c1.O=c1cc[nH]cc1Br.[CH2-]C(=O)OC(C)(C)C.[Cl][Zn+]. The van der Waals surface area contributed by atoms with E-state index in [1.165, 1.54) is 12.3 Å². The molecule has 146 heavy (non-hydrogen) atoms. The molecule has 29 nitrogen and oxygen atoms in total. The van der Waals surface area contributed by atoms with Crippen LogP contribution in [0.3, 0.4) is 0 Å². The van der Waals surface area contributed by atoms with Crippen molar-refractivity contribution < 1.29 is 112 Å². The number of fused-ring (bicyclic) bond motifs is 4. The van der Waals surface area contributed by atoms with Gasteiger partial charge in [-0.3, -0.25) is 41.1 Å². The standard InChI is InChI=1S/C32H36N2O6.C26H25BrN2O4.C23H20N2O4.C21H23NO4.C6H11O2.C5H4BrNO.ClH.Zn/c1-31(2,3)39-28(35)17-25-19-33-12-10-27(25)38-20-22-15-24-11-13-37-29(24)26(16-22)23-9-7-8-21(14-23)18-34-30(36)40-32(4,5)6;1-26(2,3)33-25(30)29-14-17-5-4-6-19(11-17)21-13-18(12-20-8-10-31-24(20)21)16-32-23-7-9-28-15-22(23)27;24-12-15-2-1-3-17(8-15)20-10-16(9-18-5-7-28-23(18)20)14-29-21-4-6-25-13-19(21)11-22(26)27;1-21(2,3)26-20(24)22-12-14-5-4-6-16(9-14)18-11-15(13-23)10-17-7-8-25-19(17)18;1-5(7)8-6(2,3)4;6-4-3-7-2-1-5(4)8;;/h7-16,19H,17-18,20H2,1-6H3,(H,34,36);4-13,15H,14,16H2,1-3H3,(H,29,30);1-10,13H,11-12,14,24H2,(H,26,27);4-11,23H,12-13H2,1-3H3,(H,22,24);1H2,2-4H3;1-3H,(H,7,8);1H;/q;;;;-1;;;+2/p-1. The number of benzene rings is 8. The fourth-order valence-electron chi connectivity index (χ4n) is 14.4. The summed E-state index contributed by atoms with van der Waals surface area (Å²) in [6.45, 7) is 32.9. The number of alkyl carbamates (subject to hydrolysis) is 3. The Kier molecular flexibility index (Phi) is 41.6. The Morgan fingerprint density at radius 1 is 0.411 bits per heavy atom. The number of nitrogens with zero attached hydrogens (tertiary/aromatic N) is 3. The molecule has 0 radical (unpaired) electrons. The number of aromatic nitrogens is 4. The number of nitrogens with two attached hydrogens (primary N) is 1. The van der Waals surface area contributed by atoms with Crippen molar-refractivity contribution in [2.75, 3.05) is 0 Å². The molecule has 16 aromatic rings. The van der Waals surface area contributed by atoms with Gasteiger partial charge in [-0.1, -0.05) is 72.8 Å². The molecule has 0 bridgehead atoms. The van der Waals surface area contributed by atoms with Gasteiger partial charge in [0.1, 0.15) is 87.4 Å². The van der Waals surface area contributed by atoms with E-state index in [1.807, 2.05) is 241 Å². The van der Waals surface area contributed by atoms with Crippen LogP contribution >= 0.6 is 41.6 Å². The van der Waals surface area contributed by atoms with Gasteiger partial charge in [-0.15, -0.1) is 0 Å². The molecule has 8 N–H and O–H groups in total. The molecule has 3 amide bonds. The molecule has 0 saturated heterocycles. The van der Waals surface area contributed by atoms with Crippen molar-refractivity contribution in [3.8, 4) is 61.8 Å². The van der Waals surface area contributed by atoms with Gasteiger partial charge in [-0.2, -0.15) is 0 Å². The zero-order chi connectivity index (χ0) is 106. The average Bonchev–Trinajstić information content (AvgIpc) is 1.61. The van der Waals surface area contributed by atoms with E-state index < -0.39 is 58.2 Å². The fourth-order valence-corrected chi connectivity index (χ4v) is 15.1. The van der Waals surface area contributed by atoms with E-state index >= 15 is 0 Å². The molecule has 760 valence electrons. The molecule has 0 aliphatic rings. The van der Waals surface area contributed by atoms with Gasteiger partial charge < -0.3 is 92.4 Å². The molecule has 0 saturated carbocycles. The van der Waals surface area contributed by atoms with Gasteiger partial charge in [0.2, 0.25) is 0 Å². The Morgan fingerprint density at radius 3 is 1.05 bits per heavy atom. The summed E-state index contributed by atoms with van der Waals surface area (Å²) < 4.78 is 68.5. The Bertz CT molecular complexity index is 7160. The zero-order valence-electron chi connectivity index (χ0n) is 84.1. The van der Waals surface area contributed by atoms with E-state index in [0.717, 1.165) is 160 Å². The molecule has 0 atom stereocenters. The molecule has 0 aliphatic carbocycles. The van der Waals surface area contributed by atoms with Crippen molar-refractivity contribution in [1.82, 2.24) is 35.9 Å². The number of nitrogens with one attached hydrogen (secondary N) is 4. The Labute approximate surface area is 878 Å². The summed E-state index contributed by atoms with van der Waals surface area (Å²) in [6.07, 6.45) is 18.2. The van der Waals surface area contributed by atoms with Crippen LogP contribution in [0, 0.1) is 6.92 Å².